The molecule has 0 aliphatic carbocycles. The molecule has 0 unspecified atom stereocenters. The maximum Gasteiger partial charge on any atom is 0.356 e. The molecular weight excluding hydrogens is 247 g/mol. The lowest BCUT2D eigenvalue weighted by Gasteiger charge is -2.31. The van der Waals surface area contributed by atoms with E-state index in [1.54, 1.807) is 34.7 Å². The molecule has 106 valence electrons. The Morgan fingerprint density at radius 1 is 1.32 bits per heavy atom. The van der Waals surface area contributed by atoms with Crippen molar-refractivity contribution < 1.29 is 19.7 Å². The monoisotopic (exact) mass is 268 g/mol. The molecule has 0 saturated heterocycles. The lowest BCUT2D eigenvalue weighted by molar-refractivity contribution is -0.107. The lowest BCUT2D eigenvalue weighted by Crippen LogP contribution is -2.44. The van der Waals surface area contributed by atoms with Crippen LogP contribution < -0.4 is 5.59 Å². The van der Waals surface area contributed by atoms with E-state index in [4.69, 9.17) is 18.1 Å². The van der Waals surface area contributed by atoms with Gasteiger partial charge >= 0.3 is 5.97 Å². The van der Waals surface area contributed by atoms with Gasteiger partial charge in [0.15, 0.2) is 0 Å². The van der Waals surface area contributed by atoms with Crippen LogP contribution in [0.1, 0.15) is 38.2 Å². The van der Waals surface area contributed by atoms with Crippen LogP contribution in [0.15, 0.2) is 6.07 Å². The number of aliphatic hydroxyl groups is 2. The van der Waals surface area contributed by atoms with Gasteiger partial charge < -0.3 is 14.9 Å². The summed E-state index contributed by atoms with van der Waals surface area (Å²) < 4.78 is 5.85. The number of hydrogen-bond donors (Lipinski definition) is 2. The van der Waals surface area contributed by atoms with Crippen LogP contribution in [0.25, 0.3) is 0 Å². The number of carbonyl (C=O) groups is 1. The summed E-state index contributed by atoms with van der Waals surface area (Å²) in [6, 6.07) is 1.46. The first-order chi connectivity index (χ1) is 8.40. The Labute approximate surface area is 114 Å². The predicted molar refractivity (Wildman–Crippen MR) is 72.5 cm³/mol. The molecule has 1 heterocycles. The summed E-state index contributed by atoms with van der Waals surface area (Å²) in [6.45, 7) is 6.31. The van der Waals surface area contributed by atoms with Crippen LogP contribution in [0.4, 0.5) is 0 Å². The second kappa shape index (κ2) is 6.21. The standard InChI is InChI=1S/C6H7BN2O2.C6H14O2/c1-9-4(6(10)11-2)3-5(7)8-9;1-5(2,7)6(3,4)8/h3H,1-2H3;7-8H,1-4H3. The summed E-state index contributed by atoms with van der Waals surface area (Å²) in [4.78, 5) is 10.9. The number of rotatable bonds is 2. The fraction of sp³-hybridized carbons (Fsp3) is 0.667. The molecule has 0 aromatic carbocycles. The van der Waals surface area contributed by atoms with E-state index in [-0.39, 0.29) is 0 Å². The van der Waals surface area contributed by atoms with E-state index in [0.29, 0.717) is 11.3 Å². The Kier molecular flexibility index (Phi) is 5.77. The maximum atomic E-state index is 10.9. The normalized spacial score (nSPS) is 11.6. The topological polar surface area (TPSA) is 84.6 Å². The lowest BCUT2D eigenvalue weighted by atomic mass is 9.90. The Morgan fingerprint density at radius 2 is 1.74 bits per heavy atom. The molecule has 1 aromatic heterocycles. The van der Waals surface area contributed by atoms with E-state index in [0.717, 1.165) is 0 Å². The van der Waals surface area contributed by atoms with Crippen molar-refractivity contribution in [1.82, 2.24) is 9.78 Å². The van der Waals surface area contributed by atoms with Crippen molar-refractivity contribution in [3.63, 3.8) is 0 Å². The van der Waals surface area contributed by atoms with E-state index >= 15 is 0 Å². The van der Waals surface area contributed by atoms with Crippen molar-refractivity contribution in [2.24, 2.45) is 7.05 Å². The highest BCUT2D eigenvalue weighted by Crippen LogP contribution is 2.19. The number of methoxy groups -OCH3 is 1. The molecule has 2 N–H and O–H groups in total. The average molecular weight is 268 g/mol. The van der Waals surface area contributed by atoms with E-state index in [2.05, 4.69) is 9.84 Å². The third-order valence-electron chi connectivity index (χ3n) is 2.79. The minimum atomic E-state index is -1.01. The van der Waals surface area contributed by atoms with Crippen molar-refractivity contribution in [2.75, 3.05) is 7.11 Å². The summed E-state index contributed by atoms with van der Waals surface area (Å²) >= 11 is 0. The second-order valence-electron chi connectivity index (χ2n) is 5.19. The fourth-order valence-electron chi connectivity index (χ4n) is 0.785. The molecule has 0 bridgehead atoms. The van der Waals surface area contributed by atoms with Gasteiger partial charge in [-0.15, -0.1) is 0 Å². The molecule has 2 radical (unpaired) electrons. The smallest absolute Gasteiger partial charge is 0.356 e. The molecule has 1 aromatic rings. The van der Waals surface area contributed by atoms with E-state index in [1.807, 2.05) is 0 Å². The zero-order valence-corrected chi connectivity index (χ0v) is 12.3. The van der Waals surface area contributed by atoms with Crippen molar-refractivity contribution in [1.29, 1.82) is 0 Å². The maximum absolute atomic E-state index is 10.9. The van der Waals surface area contributed by atoms with Gasteiger partial charge in [-0.1, -0.05) is 0 Å². The van der Waals surface area contributed by atoms with Gasteiger partial charge in [0.1, 0.15) is 13.5 Å². The van der Waals surface area contributed by atoms with Crippen LogP contribution >= 0.6 is 0 Å². The zero-order chi connectivity index (χ0) is 15.4. The number of ether oxygens (including phenoxy) is 1. The Balaban J connectivity index is 0.000000362. The molecule has 19 heavy (non-hydrogen) atoms. The summed E-state index contributed by atoms with van der Waals surface area (Å²) in [6.07, 6.45) is 0. The van der Waals surface area contributed by atoms with Gasteiger partial charge in [0.05, 0.1) is 18.3 Å². The second-order valence-corrected chi connectivity index (χ2v) is 5.19. The van der Waals surface area contributed by atoms with E-state index in [1.165, 1.54) is 17.9 Å². The van der Waals surface area contributed by atoms with Gasteiger partial charge in [-0.2, -0.15) is 5.10 Å². The molecule has 0 atom stereocenters. The van der Waals surface area contributed by atoms with Crippen LogP contribution in [0.2, 0.25) is 0 Å². The molecule has 0 aliphatic rings. The first-order valence-corrected chi connectivity index (χ1v) is 5.72. The molecule has 0 saturated carbocycles. The molecule has 0 aliphatic heterocycles. The highest BCUT2D eigenvalue weighted by molar-refractivity contribution is 6.31. The Hall–Kier alpha value is -1.34. The first kappa shape index (κ1) is 17.7. The first-order valence-electron chi connectivity index (χ1n) is 5.72. The molecule has 6 nitrogen and oxygen atoms in total. The minimum Gasteiger partial charge on any atom is -0.464 e. The number of carbonyl (C=O) groups excluding carboxylic acids is 1. The van der Waals surface area contributed by atoms with Crippen molar-refractivity contribution in [3.8, 4) is 0 Å². The third-order valence-corrected chi connectivity index (χ3v) is 2.79. The van der Waals surface area contributed by atoms with Crippen molar-refractivity contribution in [2.45, 2.75) is 38.9 Å². The van der Waals surface area contributed by atoms with Gasteiger partial charge in [0.2, 0.25) is 0 Å². The number of esters is 1. The third kappa shape index (κ3) is 5.44. The van der Waals surface area contributed by atoms with E-state index in [9.17, 15) is 4.79 Å². The van der Waals surface area contributed by atoms with Crippen LogP contribution in [0.3, 0.4) is 0 Å². The predicted octanol–water partition coefficient (Wildman–Crippen LogP) is -0.471. The SMILES string of the molecule is CC(C)(O)C(C)(C)O.[B]c1cc(C(=O)OC)n(C)n1. The van der Waals surface area contributed by atoms with Gasteiger partial charge in [0.25, 0.3) is 0 Å². The Morgan fingerprint density at radius 3 is 1.95 bits per heavy atom. The van der Waals surface area contributed by atoms with Crippen LogP contribution in [0.5, 0.6) is 0 Å². The number of nitrogens with zero attached hydrogens (tertiary/aromatic N) is 2. The quantitative estimate of drug-likeness (QED) is 0.559. The van der Waals surface area contributed by atoms with Crippen LogP contribution in [0, 0.1) is 0 Å². The molecule has 0 amide bonds. The number of aryl methyl sites for hydroxylation is 1. The highest BCUT2D eigenvalue weighted by atomic mass is 16.5. The molecule has 0 fully saturated rings. The molecular formula is C12H21BN2O4. The van der Waals surface area contributed by atoms with Gasteiger partial charge in [-0.05, 0) is 33.8 Å². The van der Waals surface area contributed by atoms with Gasteiger partial charge in [-0.3, -0.25) is 4.68 Å². The van der Waals surface area contributed by atoms with Crippen molar-refractivity contribution >= 4 is 19.4 Å². The van der Waals surface area contributed by atoms with Crippen LogP contribution in [-0.2, 0) is 11.8 Å². The largest absolute Gasteiger partial charge is 0.464 e. The average Bonchev–Trinajstić information content (AvgIpc) is 2.54. The minimum absolute atomic E-state index is 0.313. The summed E-state index contributed by atoms with van der Waals surface area (Å²) in [5.74, 6) is -0.434. The summed E-state index contributed by atoms with van der Waals surface area (Å²) in [7, 11) is 8.27. The number of hydrogen-bond acceptors (Lipinski definition) is 5. The Bertz CT molecular complexity index is 418. The number of aromatic nitrogens is 2. The summed E-state index contributed by atoms with van der Waals surface area (Å²) in [5.41, 5.74) is -1.35. The van der Waals surface area contributed by atoms with Gasteiger partial charge in [0, 0.05) is 12.6 Å². The molecule has 7 heteroatoms. The van der Waals surface area contributed by atoms with Gasteiger partial charge in [-0.25, -0.2) is 4.79 Å². The zero-order valence-electron chi connectivity index (χ0n) is 12.3. The summed E-state index contributed by atoms with van der Waals surface area (Å²) in [5, 5.41) is 22.0. The highest BCUT2D eigenvalue weighted by Gasteiger charge is 2.31. The molecule has 0 spiro atoms. The fourth-order valence-corrected chi connectivity index (χ4v) is 0.785. The van der Waals surface area contributed by atoms with E-state index < -0.39 is 17.2 Å². The molecule has 1 rings (SSSR count). The van der Waals surface area contributed by atoms with Crippen LogP contribution in [-0.4, -0.2) is 52.1 Å². The van der Waals surface area contributed by atoms with Crippen molar-refractivity contribution in [3.05, 3.63) is 11.8 Å².